The summed E-state index contributed by atoms with van der Waals surface area (Å²) in [4.78, 5) is 0. The van der Waals surface area contributed by atoms with Gasteiger partial charge in [0, 0.05) is 6.42 Å². The van der Waals surface area contributed by atoms with Crippen molar-refractivity contribution in [2.24, 2.45) is 0 Å². The highest BCUT2D eigenvalue weighted by molar-refractivity contribution is 5.91. The Bertz CT molecular complexity index is 836. The highest BCUT2D eigenvalue weighted by Crippen LogP contribution is 2.50. The van der Waals surface area contributed by atoms with Crippen LogP contribution in [-0.2, 0) is 51.4 Å². The molecule has 0 heteroatoms. The van der Waals surface area contributed by atoms with Gasteiger partial charge in [-0.05, 0) is 118 Å². The Morgan fingerprint density at radius 1 is 0.345 bits per heavy atom. The Hall–Kier alpha value is -1.56. The Balaban J connectivity index is 2.54. The second-order valence-electron chi connectivity index (χ2n) is 8.38. The third kappa shape index (κ3) is 3.18. The maximum absolute atomic E-state index is 2.60. The van der Waals surface area contributed by atoms with Crippen molar-refractivity contribution in [1.29, 1.82) is 0 Å². The molecule has 0 N–H and O–H groups in total. The second-order valence-corrected chi connectivity index (χ2v) is 8.38. The van der Waals surface area contributed by atoms with Gasteiger partial charge >= 0.3 is 0 Å². The first-order valence-electron chi connectivity index (χ1n) is 12.3. The molecule has 1 aliphatic carbocycles. The maximum Gasteiger partial charge on any atom is 0.0218 e. The van der Waals surface area contributed by atoms with Gasteiger partial charge < -0.3 is 0 Å². The van der Waals surface area contributed by atoms with E-state index >= 15 is 0 Å². The molecule has 0 saturated heterocycles. The van der Waals surface area contributed by atoms with Gasteiger partial charge in [-0.25, -0.2) is 0 Å². The minimum absolute atomic E-state index is 1.14. The molecule has 1 radical (unpaired) electrons. The number of benzene rings is 2. The van der Waals surface area contributed by atoms with Crippen LogP contribution in [0.5, 0.6) is 0 Å². The Kier molecular flexibility index (Phi) is 6.92. The van der Waals surface area contributed by atoms with E-state index < -0.39 is 0 Å². The van der Waals surface area contributed by atoms with E-state index in [1.54, 1.807) is 66.8 Å². The van der Waals surface area contributed by atoms with E-state index in [0.717, 1.165) is 51.4 Å². The molecule has 157 valence electrons. The minimum Gasteiger partial charge on any atom is -0.0613 e. The summed E-state index contributed by atoms with van der Waals surface area (Å²) in [6.07, 6.45) is 11.7. The quantitative estimate of drug-likeness (QED) is 0.369. The van der Waals surface area contributed by atoms with Crippen molar-refractivity contribution in [2.75, 3.05) is 0 Å². The number of hydrogen-bond acceptors (Lipinski definition) is 0. The van der Waals surface area contributed by atoms with E-state index in [2.05, 4.69) is 61.8 Å². The maximum atomic E-state index is 2.60. The molecular formula is C29H41. The third-order valence-corrected chi connectivity index (χ3v) is 7.35. The van der Waals surface area contributed by atoms with Crippen molar-refractivity contribution in [3.05, 3.63) is 62.1 Å². The standard InChI is InChI=1S/C29H41/c1-9-18-20(11-3)24(15-7)28-26(22(18)13-5)17-27-23(14-6)19(10-2)21(12-4)25(16-8)29(27)28/h17H,9-16H2,1-8H3. The fourth-order valence-corrected chi connectivity index (χ4v) is 6.31. The van der Waals surface area contributed by atoms with Crippen LogP contribution in [0.15, 0.2) is 0 Å². The molecule has 0 fully saturated rings. The van der Waals surface area contributed by atoms with E-state index in [1.807, 2.05) is 0 Å². The largest absolute Gasteiger partial charge is 0.0613 e. The summed E-state index contributed by atoms with van der Waals surface area (Å²) in [5.74, 6) is 0. The molecule has 0 aliphatic heterocycles. The summed E-state index contributed by atoms with van der Waals surface area (Å²) in [6, 6.07) is 0. The first-order valence-corrected chi connectivity index (χ1v) is 12.3. The zero-order valence-electron chi connectivity index (χ0n) is 20.2. The SMILES string of the molecule is CCc1c2c(c(CC)c(CC)c1CC)-c1c(c(CC)c(CC)c(CC)c1CC)[CH]2. The van der Waals surface area contributed by atoms with E-state index in [-0.39, 0.29) is 0 Å². The number of fused-ring (bicyclic) bond motifs is 3. The molecule has 3 rings (SSSR count). The first-order chi connectivity index (χ1) is 14.1. The van der Waals surface area contributed by atoms with Crippen LogP contribution in [0.4, 0.5) is 0 Å². The lowest BCUT2D eigenvalue weighted by molar-refractivity contribution is 0.937. The van der Waals surface area contributed by atoms with Gasteiger partial charge in [0.1, 0.15) is 0 Å². The van der Waals surface area contributed by atoms with Crippen LogP contribution in [0.3, 0.4) is 0 Å². The van der Waals surface area contributed by atoms with Crippen LogP contribution in [0.1, 0.15) is 111 Å². The molecular weight excluding hydrogens is 348 g/mol. The molecule has 0 atom stereocenters. The molecule has 0 spiro atoms. The highest BCUT2D eigenvalue weighted by Gasteiger charge is 2.33. The van der Waals surface area contributed by atoms with E-state index in [1.165, 1.54) is 0 Å². The lowest BCUT2D eigenvalue weighted by Gasteiger charge is -2.25. The lowest BCUT2D eigenvalue weighted by atomic mass is 9.79. The van der Waals surface area contributed by atoms with Gasteiger partial charge in [-0.3, -0.25) is 0 Å². The fourth-order valence-electron chi connectivity index (χ4n) is 6.31. The van der Waals surface area contributed by atoms with E-state index in [9.17, 15) is 0 Å². The van der Waals surface area contributed by atoms with Gasteiger partial charge in [0.25, 0.3) is 0 Å². The van der Waals surface area contributed by atoms with Crippen LogP contribution in [0.2, 0.25) is 0 Å². The van der Waals surface area contributed by atoms with E-state index in [4.69, 9.17) is 0 Å². The van der Waals surface area contributed by atoms with E-state index in [0.29, 0.717) is 0 Å². The smallest absolute Gasteiger partial charge is 0.0218 e. The average Bonchev–Trinajstić information content (AvgIpc) is 3.14. The van der Waals surface area contributed by atoms with Crippen molar-refractivity contribution in [3.8, 4) is 11.1 Å². The predicted molar refractivity (Wildman–Crippen MR) is 129 cm³/mol. The molecule has 0 amide bonds. The lowest BCUT2D eigenvalue weighted by Crippen LogP contribution is -2.09. The fraction of sp³-hybridized carbons (Fsp3) is 0.552. The molecule has 1 aliphatic rings. The van der Waals surface area contributed by atoms with Crippen LogP contribution < -0.4 is 0 Å². The van der Waals surface area contributed by atoms with Crippen molar-refractivity contribution >= 4 is 0 Å². The van der Waals surface area contributed by atoms with Crippen molar-refractivity contribution < 1.29 is 0 Å². The number of rotatable bonds is 8. The van der Waals surface area contributed by atoms with Gasteiger partial charge in [-0.15, -0.1) is 0 Å². The zero-order chi connectivity index (χ0) is 21.3. The zero-order valence-corrected chi connectivity index (χ0v) is 20.2. The Labute approximate surface area is 180 Å². The minimum atomic E-state index is 1.14. The van der Waals surface area contributed by atoms with Crippen LogP contribution in [0, 0.1) is 6.42 Å². The Morgan fingerprint density at radius 3 is 0.828 bits per heavy atom. The van der Waals surface area contributed by atoms with Crippen LogP contribution in [0.25, 0.3) is 11.1 Å². The molecule has 0 nitrogen and oxygen atoms in total. The Morgan fingerprint density at radius 2 is 0.586 bits per heavy atom. The molecule has 0 aromatic heterocycles. The van der Waals surface area contributed by atoms with Gasteiger partial charge in [0.05, 0.1) is 0 Å². The van der Waals surface area contributed by atoms with Crippen molar-refractivity contribution in [3.63, 3.8) is 0 Å². The average molecular weight is 390 g/mol. The monoisotopic (exact) mass is 389 g/mol. The summed E-state index contributed by atoms with van der Waals surface area (Å²) in [7, 11) is 0. The van der Waals surface area contributed by atoms with Gasteiger partial charge in [-0.1, -0.05) is 55.4 Å². The third-order valence-electron chi connectivity index (χ3n) is 7.35. The predicted octanol–water partition coefficient (Wildman–Crippen LogP) is 7.77. The summed E-state index contributed by atoms with van der Waals surface area (Å²) in [5.41, 5.74) is 19.4. The van der Waals surface area contributed by atoms with Crippen molar-refractivity contribution in [1.82, 2.24) is 0 Å². The molecule has 2 aromatic carbocycles. The molecule has 0 bridgehead atoms. The second kappa shape index (κ2) is 9.07. The summed E-state index contributed by atoms with van der Waals surface area (Å²) in [6.45, 7) is 18.8. The van der Waals surface area contributed by atoms with Crippen molar-refractivity contribution in [2.45, 2.75) is 107 Å². The normalized spacial score (nSPS) is 12.4. The highest BCUT2D eigenvalue weighted by atomic mass is 14.4. The summed E-state index contributed by atoms with van der Waals surface area (Å²) >= 11 is 0. The van der Waals surface area contributed by atoms with Gasteiger partial charge in [0.15, 0.2) is 0 Å². The summed E-state index contributed by atoms with van der Waals surface area (Å²) in [5, 5.41) is 0. The summed E-state index contributed by atoms with van der Waals surface area (Å²) < 4.78 is 0. The number of hydrogen-bond donors (Lipinski definition) is 0. The van der Waals surface area contributed by atoms with Gasteiger partial charge in [0.2, 0.25) is 0 Å². The molecule has 0 heterocycles. The molecule has 0 saturated carbocycles. The first kappa shape index (κ1) is 22.1. The molecule has 29 heavy (non-hydrogen) atoms. The van der Waals surface area contributed by atoms with Crippen LogP contribution in [-0.4, -0.2) is 0 Å². The molecule has 0 unspecified atom stereocenters. The topological polar surface area (TPSA) is 0 Å². The van der Waals surface area contributed by atoms with Gasteiger partial charge in [-0.2, -0.15) is 0 Å². The molecule has 2 aromatic rings. The van der Waals surface area contributed by atoms with Crippen LogP contribution >= 0.6 is 0 Å².